The third-order valence-electron chi connectivity index (χ3n) is 4.25. The lowest BCUT2D eigenvalue weighted by Crippen LogP contribution is -2.49. The average molecular weight is 346 g/mol. The lowest BCUT2D eigenvalue weighted by molar-refractivity contribution is -0.143. The lowest BCUT2D eigenvalue weighted by Gasteiger charge is -2.37. The van der Waals surface area contributed by atoms with E-state index in [1.165, 1.54) is 25.3 Å². The molecule has 1 atom stereocenters. The van der Waals surface area contributed by atoms with E-state index >= 15 is 0 Å². The fraction of sp³-hybridized carbons (Fsp3) is 0.353. The summed E-state index contributed by atoms with van der Waals surface area (Å²) in [5.41, 5.74) is 0.108. The summed E-state index contributed by atoms with van der Waals surface area (Å²) in [6.45, 7) is 2.07. The molecule has 2 aromatic rings. The molecule has 1 N–H and O–H groups in total. The van der Waals surface area contributed by atoms with Gasteiger partial charge in [0.2, 0.25) is 5.95 Å². The van der Waals surface area contributed by atoms with Crippen LogP contribution in [0, 0.1) is 5.82 Å². The molecule has 1 saturated heterocycles. The Morgan fingerprint density at radius 3 is 2.52 bits per heavy atom. The van der Waals surface area contributed by atoms with Crippen molar-refractivity contribution in [1.82, 2.24) is 14.9 Å². The Morgan fingerprint density at radius 2 is 1.92 bits per heavy atom. The van der Waals surface area contributed by atoms with Gasteiger partial charge in [-0.25, -0.2) is 14.4 Å². The SMILES string of the molecule is COc1ccc(F)c([C@H](C(=O)O)N2CCN(c3ncccn3)CC2)c1. The molecule has 25 heavy (non-hydrogen) atoms. The van der Waals surface area contributed by atoms with Crippen molar-refractivity contribution < 1.29 is 19.0 Å². The van der Waals surface area contributed by atoms with Crippen molar-refractivity contribution in [3.05, 3.63) is 48.0 Å². The van der Waals surface area contributed by atoms with Gasteiger partial charge < -0.3 is 14.7 Å². The van der Waals surface area contributed by atoms with Crippen molar-refractivity contribution in [3.63, 3.8) is 0 Å². The van der Waals surface area contributed by atoms with Gasteiger partial charge >= 0.3 is 5.97 Å². The van der Waals surface area contributed by atoms with Crippen LogP contribution < -0.4 is 9.64 Å². The second-order valence-electron chi connectivity index (χ2n) is 5.70. The molecule has 1 aromatic carbocycles. The first-order valence-corrected chi connectivity index (χ1v) is 7.92. The van der Waals surface area contributed by atoms with Crippen LogP contribution in [-0.4, -0.2) is 59.2 Å². The Labute approximate surface area is 144 Å². The highest BCUT2D eigenvalue weighted by Crippen LogP contribution is 2.28. The minimum Gasteiger partial charge on any atom is -0.497 e. The number of benzene rings is 1. The summed E-state index contributed by atoms with van der Waals surface area (Å²) in [5, 5.41) is 9.66. The molecule has 0 saturated carbocycles. The molecule has 1 fully saturated rings. The van der Waals surface area contributed by atoms with Crippen LogP contribution in [0.5, 0.6) is 5.75 Å². The van der Waals surface area contributed by atoms with Crippen LogP contribution in [0.2, 0.25) is 0 Å². The molecule has 0 spiro atoms. The summed E-state index contributed by atoms with van der Waals surface area (Å²) in [6.07, 6.45) is 3.33. The van der Waals surface area contributed by atoms with E-state index in [2.05, 4.69) is 9.97 Å². The summed E-state index contributed by atoms with van der Waals surface area (Å²) >= 11 is 0. The van der Waals surface area contributed by atoms with Crippen LogP contribution in [0.3, 0.4) is 0 Å². The Balaban J connectivity index is 1.78. The predicted octanol–water partition coefficient (Wildman–Crippen LogP) is 1.57. The number of rotatable bonds is 5. The van der Waals surface area contributed by atoms with Crippen molar-refractivity contribution >= 4 is 11.9 Å². The van der Waals surface area contributed by atoms with Crippen LogP contribution in [0.15, 0.2) is 36.7 Å². The number of carboxylic acids is 1. The number of halogens is 1. The van der Waals surface area contributed by atoms with E-state index in [0.29, 0.717) is 37.9 Å². The third kappa shape index (κ3) is 3.69. The van der Waals surface area contributed by atoms with Gasteiger partial charge in [0.15, 0.2) is 0 Å². The number of aliphatic carboxylic acids is 1. The number of carboxylic acid groups (broad SMARTS) is 1. The molecule has 0 amide bonds. The largest absolute Gasteiger partial charge is 0.497 e. The van der Waals surface area contributed by atoms with Gasteiger partial charge in [-0.2, -0.15) is 0 Å². The fourth-order valence-electron chi connectivity index (χ4n) is 2.98. The van der Waals surface area contributed by atoms with E-state index in [4.69, 9.17) is 4.74 Å². The first-order chi connectivity index (χ1) is 12.1. The highest BCUT2D eigenvalue weighted by Gasteiger charge is 2.33. The molecule has 1 aliphatic rings. The Bertz CT molecular complexity index is 736. The second-order valence-corrected chi connectivity index (χ2v) is 5.70. The third-order valence-corrected chi connectivity index (χ3v) is 4.25. The van der Waals surface area contributed by atoms with Crippen LogP contribution in [0.1, 0.15) is 11.6 Å². The minimum atomic E-state index is -1.09. The first-order valence-electron chi connectivity index (χ1n) is 7.92. The normalized spacial score (nSPS) is 16.5. The Kier molecular flexibility index (Phi) is 5.08. The molecule has 132 valence electrons. The van der Waals surface area contributed by atoms with Crippen molar-refractivity contribution in [2.75, 3.05) is 38.2 Å². The fourth-order valence-corrected chi connectivity index (χ4v) is 2.98. The number of piperazine rings is 1. The molecule has 1 aliphatic heterocycles. The quantitative estimate of drug-likeness (QED) is 0.880. The molecule has 0 unspecified atom stereocenters. The second kappa shape index (κ2) is 7.43. The van der Waals surface area contributed by atoms with E-state index in [-0.39, 0.29) is 5.56 Å². The van der Waals surface area contributed by atoms with Gasteiger partial charge in [0.1, 0.15) is 17.6 Å². The molecular weight excluding hydrogens is 327 g/mol. The van der Waals surface area contributed by atoms with Crippen molar-refractivity contribution in [2.24, 2.45) is 0 Å². The molecule has 0 bridgehead atoms. The topological polar surface area (TPSA) is 78.8 Å². The molecular formula is C17H19FN4O3. The van der Waals surface area contributed by atoms with Gasteiger partial charge in [-0.15, -0.1) is 0 Å². The molecule has 1 aromatic heterocycles. The lowest BCUT2D eigenvalue weighted by atomic mass is 10.0. The number of hydrogen-bond acceptors (Lipinski definition) is 6. The van der Waals surface area contributed by atoms with Crippen LogP contribution >= 0.6 is 0 Å². The number of aromatic nitrogens is 2. The van der Waals surface area contributed by atoms with E-state index in [1.807, 2.05) is 4.90 Å². The zero-order valence-corrected chi connectivity index (χ0v) is 13.8. The number of ether oxygens (including phenoxy) is 1. The van der Waals surface area contributed by atoms with Crippen molar-refractivity contribution in [3.8, 4) is 5.75 Å². The van der Waals surface area contributed by atoms with Gasteiger partial charge in [-0.3, -0.25) is 9.69 Å². The van der Waals surface area contributed by atoms with E-state index in [0.717, 1.165) is 0 Å². The molecule has 8 heteroatoms. The Hall–Kier alpha value is -2.74. The van der Waals surface area contributed by atoms with Crippen molar-refractivity contribution in [2.45, 2.75) is 6.04 Å². The molecule has 0 aliphatic carbocycles. The predicted molar refractivity (Wildman–Crippen MR) is 89.1 cm³/mol. The van der Waals surface area contributed by atoms with E-state index < -0.39 is 17.8 Å². The summed E-state index contributed by atoms with van der Waals surface area (Å²) in [4.78, 5) is 24.0. The molecule has 2 heterocycles. The number of nitrogens with zero attached hydrogens (tertiary/aromatic N) is 4. The van der Waals surface area contributed by atoms with Crippen molar-refractivity contribution in [1.29, 1.82) is 0 Å². The molecule has 7 nitrogen and oxygen atoms in total. The highest BCUT2D eigenvalue weighted by atomic mass is 19.1. The number of anilines is 1. The van der Waals surface area contributed by atoms with Gasteiger partial charge in [0.05, 0.1) is 7.11 Å². The average Bonchev–Trinajstić information content (AvgIpc) is 2.64. The number of hydrogen-bond donors (Lipinski definition) is 1. The summed E-state index contributed by atoms with van der Waals surface area (Å²) in [7, 11) is 1.46. The summed E-state index contributed by atoms with van der Waals surface area (Å²) in [5.74, 6) is -0.598. The molecule has 0 radical (unpaired) electrons. The highest BCUT2D eigenvalue weighted by molar-refractivity contribution is 5.76. The van der Waals surface area contributed by atoms with Gasteiger partial charge in [-0.05, 0) is 24.3 Å². The van der Waals surface area contributed by atoms with E-state index in [1.54, 1.807) is 23.4 Å². The minimum absolute atomic E-state index is 0.108. The van der Waals surface area contributed by atoms with E-state index in [9.17, 15) is 14.3 Å². The van der Waals surface area contributed by atoms with Gasteiger partial charge in [0.25, 0.3) is 0 Å². The first kappa shape index (κ1) is 17.1. The van der Waals surface area contributed by atoms with Crippen LogP contribution in [0.25, 0.3) is 0 Å². The summed E-state index contributed by atoms with van der Waals surface area (Å²) < 4.78 is 19.3. The van der Waals surface area contributed by atoms with Gasteiger partial charge in [-0.1, -0.05) is 0 Å². The monoisotopic (exact) mass is 346 g/mol. The van der Waals surface area contributed by atoms with Gasteiger partial charge in [0, 0.05) is 44.1 Å². The smallest absolute Gasteiger partial charge is 0.325 e. The Morgan fingerprint density at radius 1 is 1.24 bits per heavy atom. The summed E-state index contributed by atoms with van der Waals surface area (Å²) in [6, 6.07) is 4.83. The van der Waals surface area contributed by atoms with Crippen LogP contribution in [0.4, 0.5) is 10.3 Å². The zero-order chi connectivity index (χ0) is 17.8. The standard InChI is InChI=1S/C17H19FN4O3/c1-25-12-3-4-14(18)13(11-12)15(16(23)24)21-7-9-22(10-8-21)17-19-5-2-6-20-17/h2-6,11,15H,7-10H2,1H3,(H,23,24)/t15-/m1/s1. The molecule has 3 rings (SSSR count). The maximum absolute atomic E-state index is 14.2. The number of methoxy groups -OCH3 is 1. The number of carbonyl (C=O) groups is 1. The maximum Gasteiger partial charge on any atom is 0.325 e. The maximum atomic E-state index is 14.2. The van der Waals surface area contributed by atoms with Crippen LogP contribution in [-0.2, 0) is 4.79 Å². The zero-order valence-electron chi connectivity index (χ0n) is 13.8.